The summed E-state index contributed by atoms with van der Waals surface area (Å²) < 4.78 is 1.66. The van der Waals surface area contributed by atoms with Crippen LogP contribution in [0.4, 0.5) is 0 Å². The van der Waals surface area contributed by atoms with Crippen LogP contribution in [-0.4, -0.2) is 25.1 Å². The minimum absolute atomic E-state index is 0.155. The van der Waals surface area contributed by atoms with Crippen molar-refractivity contribution in [2.24, 2.45) is 0 Å². The molecule has 22 heavy (non-hydrogen) atoms. The summed E-state index contributed by atoms with van der Waals surface area (Å²) in [6, 6.07) is 8.22. The molecule has 1 N–H and O–H groups in total. The van der Waals surface area contributed by atoms with Gasteiger partial charge in [-0.1, -0.05) is 41.1 Å². The summed E-state index contributed by atoms with van der Waals surface area (Å²) in [5.41, 5.74) is 4.53. The molecule has 0 unspecified atom stereocenters. The second-order valence-electron chi connectivity index (χ2n) is 5.01. The Labute approximate surface area is 132 Å². The summed E-state index contributed by atoms with van der Waals surface area (Å²) in [5.74, 6) is 0. The first kappa shape index (κ1) is 14.6. The van der Waals surface area contributed by atoms with E-state index in [2.05, 4.69) is 34.4 Å². The van der Waals surface area contributed by atoms with Gasteiger partial charge in [-0.25, -0.2) is 4.98 Å². The molecule has 0 radical (unpaired) electrons. The molecule has 2 aromatic heterocycles. The molecule has 3 aromatic rings. The van der Waals surface area contributed by atoms with Crippen molar-refractivity contribution in [2.75, 3.05) is 0 Å². The van der Waals surface area contributed by atoms with Gasteiger partial charge in [0.2, 0.25) is 5.13 Å². The van der Waals surface area contributed by atoms with Gasteiger partial charge in [0.25, 0.3) is 0 Å². The zero-order valence-corrected chi connectivity index (χ0v) is 13.2. The fourth-order valence-corrected chi connectivity index (χ4v) is 2.79. The van der Waals surface area contributed by atoms with Crippen LogP contribution >= 0.6 is 11.3 Å². The van der Waals surface area contributed by atoms with Crippen LogP contribution in [-0.2, 0) is 6.61 Å². The van der Waals surface area contributed by atoms with Crippen molar-refractivity contribution in [1.29, 1.82) is 0 Å². The third-order valence-corrected chi connectivity index (χ3v) is 4.16. The third-order valence-electron chi connectivity index (χ3n) is 3.23. The standard InChI is InChI=1S/C16H16N4OS/c1-11-3-5-13(6-4-11)7-8-15-14(9-21)18-19-20(15)16-17-12(2)10-22-16/h3-8,10,21H,9H2,1-2H3/b8-7+. The third kappa shape index (κ3) is 2.98. The lowest BCUT2D eigenvalue weighted by atomic mass is 10.1. The number of rotatable bonds is 4. The van der Waals surface area contributed by atoms with E-state index in [1.54, 1.807) is 4.68 Å². The average Bonchev–Trinajstić information content (AvgIpc) is 3.12. The first-order valence-electron chi connectivity index (χ1n) is 6.90. The normalized spacial score (nSPS) is 11.4. The topological polar surface area (TPSA) is 63.8 Å². The zero-order chi connectivity index (χ0) is 15.5. The Morgan fingerprint density at radius 1 is 1.18 bits per heavy atom. The molecule has 0 atom stereocenters. The van der Waals surface area contributed by atoms with Gasteiger partial charge < -0.3 is 5.11 Å². The van der Waals surface area contributed by atoms with E-state index in [1.165, 1.54) is 16.9 Å². The predicted octanol–water partition coefficient (Wildman–Crippen LogP) is 3.00. The number of aromatic nitrogens is 4. The Hall–Kier alpha value is -2.31. The van der Waals surface area contributed by atoms with Crippen LogP contribution in [0.15, 0.2) is 29.6 Å². The lowest BCUT2D eigenvalue weighted by Gasteiger charge is -2.00. The number of hydrogen-bond donors (Lipinski definition) is 1. The minimum atomic E-state index is -0.155. The molecule has 0 bridgehead atoms. The van der Waals surface area contributed by atoms with Crippen molar-refractivity contribution in [3.8, 4) is 5.13 Å². The number of thiazole rings is 1. The molecule has 0 aliphatic heterocycles. The molecule has 0 aliphatic rings. The summed E-state index contributed by atoms with van der Waals surface area (Å²) in [6.07, 6.45) is 3.89. The number of nitrogens with zero attached hydrogens (tertiary/aromatic N) is 4. The van der Waals surface area contributed by atoms with Crippen molar-refractivity contribution in [3.05, 3.63) is 57.9 Å². The number of aryl methyl sites for hydroxylation is 2. The van der Waals surface area contributed by atoms with Crippen molar-refractivity contribution in [2.45, 2.75) is 20.5 Å². The van der Waals surface area contributed by atoms with Crippen molar-refractivity contribution in [3.63, 3.8) is 0 Å². The van der Waals surface area contributed by atoms with Gasteiger partial charge in [-0.05, 0) is 25.5 Å². The highest BCUT2D eigenvalue weighted by atomic mass is 32.1. The molecule has 0 saturated heterocycles. The van der Waals surface area contributed by atoms with Gasteiger partial charge in [-0.2, -0.15) is 4.68 Å². The molecule has 1 aromatic carbocycles. The molecular formula is C16H16N4OS. The quantitative estimate of drug-likeness (QED) is 0.804. The number of aliphatic hydroxyl groups is 1. The van der Waals surface area contributed by atoms with Crippen molar-refractivity contribution in [1.82, 2.24) is 20.0 Å². The molecule has 6 heteroatoms. The fraction of sp³-hybridized carbons (Fsp3) is 0.188. The second-order valence-corrected chi connectivity index (χ2v) is 5.84. The van der Waals surface area contributed by atoms with E-state index in [1.807, 2.05) is 36.6 Å². The van der Waals surface area contributed by atoms with Crippen LogP contribution in [0.25, 0.3) is 17.3 Å². The summed E-state index contributed by atoms with van der Waals surface area (Å²) in [4.78, 5) is 4.42. The van der Waals surface area contributed by atoms with Gasteiger partial charge in [-0.3, -0.25) is 0 Å². The van der Waals surface area contributed by atoms with Gasteiger partial charge in [-0.15, -0.1) is 16.4 Å². The molecular weight excluding hydrogens is 296 g/mol. The Bertz CT molecular complexity index is 802. The highest BCUT2D eigenvalue weighted by Crippen LogP contribution is 2.19. The van der Waals surface area contributed by atoms with E-state index in [4.69, 9.17) is 0 Å². The monoisotopic (exact) mass is 312 g/mol. The van der Waals surface area contributed by atoms with E-state index in [0.717, 1.165) is 22.1 Å². The molecule has 0 fully saturated rings. The molecule has 0 spiro atoms. The van der Waals surface area contributed by atoms with Crippen molar-refractivity contribution < 1.29 is 5.11 Å². The minimum Gasteiger partial charge on any atom is -0.390 e. The first-order valence-corrected chi connectivity index (χ1v) is 7.78. The van der Waals surface area contributed by atoms with Crippen LogP contribution in [0.5, 0.6) is 0 Å². The summed E-state index contributed by atoms with van der Waals surface area (Å²) in [6.45, 7) is 3.84. The molecule has 2 heterocycles. The fourth-order valence-electron chi connectivity index (χ4n) is 2.03. The molecule has 112 valence electrons. The first-order chi connectivity index (χ1) is 10.7. The molecule has 0 saturated carbocycles. The Balaban J connectivity index is 1.98. The zero-order valence-electron chi connectivity index (χ0n) is 12.4. The highest BCUT2D eigenvalue weighted by Gasteiger charge is 2.13. The van der Waals surface area contributed by atoms with E-state index in [0.29, 0.717) is 5.69 Å². The second kappa shape index (κ2) is 6.21. The molecule has 3 rings (SSSR count). The Kier molecular flexibility index (Phi) is 4.13. The van der Waals surface area contributed by atoms with Gasteiger partial charge in [0.15, 0.2) is 0 Å². The number of benzene rings is 1. The van der Waals surface area contributed by atoms with Gasteiger partial charge in [0.05, 0.1) is 18.0 Å². The van der Waals surface area contributed by atoms with E-state index < -0.39 is 0 Å². The van der Waals surface area contributed by atoms with E-state index >= 15 is 0 Å². The predicted molar refractivity (Wildman–Crippen MR) is 87.8 cm³/mol. The molecule has 0 amide bonds. The number of aliphatic hydroxyl groups excluding tert-OH is 1. The van der Waals surface area contributed by atoms with Crippen LogP contribution in [0.2, 0.25) is 0 Å². The largest absolute Gasteiger partial charge is 0.390 e. The Morgan fingerprint density at radius 2 is 1.95 bits per heavy atom. The van der Waals surface area contributed by atoms with Crippen LogP contribution < -0.4 is 0 Å². The maximum absolute atomic E-state index is 9.45. The Morgan fingerprint density at radius 3 is 2.59 bits per heavy atom. The van der Waals surface area contributed by atoms with Gasteiger partial charge in [0.1, 0.15) is 5.69 Å². The highest BCUT2D eigenvalue weighted by molar-refractivity contribution is 7.12. The van der Waals surface area contributed by atoms with Crippen LogP contribution in [0, 0.1) is 13.8 Å². The van der Waals surface area contributed by atoms with Crippen LogP contribution in [0.3, 0.4) is 0 Å². The molecule has 0 aliphatic carbocycles. The summed E-state index contributed by atoms with van der Waals surface area (Å²) in [7, 11) is 0. The van der Waals surface area contributed by atoms with E-state index in [-0.39, 0.29) is 6.61 Å². The lowest BCUT2D eigenvalue weighted by molar-refractivity contribution is 0.276. The smallest absolute Gasteiger partial charge is 0.212 e. The SMILES string of the molecule is Cc1ccc(/C=C/c2c(CO)nnn2-c2nc(C)cs2)cc1. The van der Waals surface area contributed by atoms with Gasteiger partial charge >= 0.3 is 0 Å². The average molecular weight is 312 g/mol. The van der Waals surface area contributed by atoms with Gasteiger partial charge in [0, 0.05) is 5.38 Å². The lowest BCUT2D eigenvalue weighted by Crippen LogP contribution is -1.99. The maximum Gasteiger partial charge on any atom is 0.212 e. The van der Waals surface area contributed by atoms with Crippen molar-refractivity contribution >= 4 is 23.5 Å². The summed E-state index contributed by atoms with van der Waals surface area (Å²) >= 11 is 1.50. The van der Waals surface area contributed by atoms with E-state index in [9.17, 15) is 5.11 Å². The number of hydrogen-bond acceptors (Lipinski definition) is 5. The van der Waals surface area contributed by atoms with Crippen LogP contribution in [0.1, 0.15) is 28.2 Å². The maximum atomic E-state index is 9.45. The summed E-state index contributed by atoms with van der Waals surface area (Å²) in [5, 5.41) is 20.3. The molecule has 5 nitrogen and oxygen atoms in total.